The highest BCUT2D eigenvalue weighted by Crippen LogP contribution is 2.32. The number of rotatable bonds is 1. The molecule has 0 heterocycles. The van der Waals surface area contributed by atoms with Crippen molar-refractivity contribution in [3.8, 4) is 5.75 Å². The third-order valence-electron chi connectivity index (χ3n) is 2.96. The van der Waals surface area contributed by atoms with Crippen molar-refractivity contribution in [3.63, 3.8) is 0 Å². The van der Waals surface area contributed by atoms with Gasteiger partial charge in [-0.05, 0) is 24.3 Å². The quantitative estimate of drug-likeness (QED) is 0.643. The SMILES string of the molecule is [O-]c1ccc(C2CCCCC2)cc1. The molecule has 1 aliphatic rings. The first-order valence-corrected chi connectivity index (χ1v) is 5.13. The average Bonchev–Trinajstić information content (AvgIpc) is 2.20. The lowest BCUT2D eigenvalue weighted by Gasteiger charge is -2.22. The molecule has 70 valence electrons. The molecule has 0 atom stereocenters. The third kappa shape index (κ3) is 2.03. The zero-order valence-electron chi connectivity index (χ0n) is 7.83. The van der Waals surface area contributed by atoms with Crippen LogP contribution in [0.25, 0.3) is 0 Å². The zero-order chi connectivity index (χ0) is 9.10. The van der Waals surface area contributed by atoms with Crippen molar-refractivity contribution in [2.75, 3.05) is 0 Å². The van der Waals surface area contributed by atoms with Gasteiger partial charge in [0.05, 0.1) is 0 Å². The smallest absolute Gasteiger partial charge is 0.0162 e. The maximum absolute atomic E-state index is 10.9. The predicted octanol–water partition coefficient (Wildman–Crippen LogP) is 2.81. The Balaban J connectivity index is 2.10. The van der Waals surface area contributed by atoms with Crippen LogP contribution in [0.2, 0.25) is 0 Å². The van der Waals surface area contributed by atoms with Crippen LogP contribution in [0.5, 0.6) is 5.75 Å². The monoisotopic (exact) mass is 175 g/mol. The summed E-state index contributed by atoms with van der Waals surface area (Å²) in [7, 11) is 0. The summed E-state index contributed by atoms with van der Waals surface area (Å²) in [6.07, 6.45) is 6.69. The molecule has 2 rings (SSSR count). The van der Waals surface area contributed by atoms with Crippen molar-refractivity contribution in [2.24, 2.45) is 0 Å². The van der Waals surface area contributed by atoms with Crippen molar-refractivity contribution in [1.29, 1.82) is 0 Å². The molecule has 0 radical (unpaired) electrons. The maximum atomic E-state index is 10.9. The summed E-state index contributed by atoms with van der Waals surface area (Å²) in [4.78, 5) is 0. The predicted molar refractivity (Wildman–Crippen MR) is 51.7 cm³/mol. The molecule has 0 spiro atoms. The fourth-order valence-corrected chi connectivity index (χ4v) is 2.18. The molecule has 0 amide bonds. The van der Waals surface area contributed by atoms with Crippen LogP contribution in [0, 0.1) is 0 Å². The third-order valence-corrected chi connectivity index (χ3v) is 2.96. The van der Waals surface area contributed by atoms with Gasteiger partial charge in [0.25, 0.3) is 0 Å². The minimum absolute atomic E-state index is 0.125. The summed E-state index contributed by atoms with van der Waals surface area (Å²) < 4.78 is 0. The van der Waals surface area contributed by atoms with E-state index in [2.05, 4.69) is 0 Å². The van der Waals surface area contributed by atoms with E-state index in [0.717, 1.165) is 0 Å². The van der Waals surface area contributed by atoms with Crippen molar-refractivity contribution >= 4 is 0 Å². The first-order chi connectivity index (χ1) is 6.36. The molecule has 0 bridgehead atoms. The van der Waals surface area contributed by atoms with E-state index in [1.807, 2.05) is 12.1 Å². The number of hydrogen-bond acceptors (Lipinski definition) is 1. The molecule has 0 unspecified atom stereocenters. The molecule has 1 heteroatoms. The highest BCUT2D eigenvalue weighted by molar-refractivity contribution is 5.27. The minimum Gasteiger partial charge on any atom is -0.872 e. The van der Waals surface area contributed by atoms with Gasteiger partial charge in [-0.25, -0.2) is 0 Å². The van der Waals surface area contributed by atoms with E-state index >= 15 is 0 Å². The second-order valence-corrected chi connectivity index (χ2v) is 3.90. The highest BCUT2D eigenvalue weighted by atomic mass is 16.3. The lowest BCUT2D eigenvalue weighted by molar-refractivity contribution is -0.268. The lowest BCUT2D eigenvalue weighted by Crippen LogP contribution is -2.04. The second kappa shape index (κ2) is 3.82. The van der Waals surface area contributed by atoms with Crippen LogP contribution in [0.4, 0.5) is 0 Å². The fourth-order valence-electron chi connectivity index (χ4n) is 2.18. The molecule has 1 aliphatic carbocycles. The second-order valence-electron chi connectivity index (χ2n) is 3.90. The summed E-state index contributed by atoms with van der Waals surface area (Å²) in [6, 6.07) is 7.37. The van der Waals surface area contributed by atoms with Gasteiger partial charge in [0.2, 0.25) is 0 Å². The Bertz CT molecular complexity index is 257. The minimum atomic E-state index is 0.125. The molecule has 1 saturated carbocycles. The van der Waals surface area contributed by atoms with Gasteiger partial charge in [0, 0.05) is 0 Å². The van der Waals surface area contributed by atoms with Crippen LogP contribution in [0.1, 0.15) is 43.6 Å². The van der Waals surface area contributed by atoms with Gasteiger partial charge in [-0.15, -0.1) is 5.75 Å². The van der Waals surface area contributed by atoms with Gasteiger partial charge in [0.15, 0.2) is 0 Å². The van der Waals surface area contributed by atoms with E-state index in [1.54, 1.807) is 12.1 Å². The van der Waals surface area contributed by atoms with Gasteiger partial charge < -0.3 is 5.11 Å². The van der Waals surface area contributed by atoms with E-state index in [9.17, 15) is 5.11 Å². The standard InChI is InChI=1S/C12H16O/c13-12-8-6-11(7-9-12)10-4-2-1-3-5-10/h6-10,13H,1-5H2/p-1. The van der Waals surface area contributed by atoms with E-state index < -0.39 is 0 Å². The summed E-state index contributed by atoms with van der Waals surface area (Å²) in [5, 5.41) is 10.9. The van der Waals surface area contributed by atoms with E-state index in [1.165, 1.54) is 37.7 Å². The van der Waals surface area contributed by atoms with Gasteiger partial charge in [0.1, 0.15) is 0 Å². The topological polar surface area (TPSA) is 23.1 Å². The molecule has 0 aromatic heterocycles. The zero-order valence-corrected chi connectivity index (χ0v) is 7.83. The lowest BCUT2D eigenvalue weighted by atomic mass is 9.84. The average molecular weight is 175 g/mol. The molecule has 13 heavy (non-hydrogen) atoms. The molecule has 0 aliphatic heterocycles. The van der Waals surface area contributed by atoms with Gasteiger partial charge in [-0.1, -0.05) is 43.5 Å². The maximum Gasteiger partial charge on any atom is -0.0162 e. The molecule has 1 aromatic rings. The van der Waals surface area contributed by atoms with Crippen LogP contribution < -0.4 is 5.11 Å². The van der Waals surface area contributed by atoms with Gasteiger partial charge in [-0.2, -0.15) is 0 Å². The molecular weight excluding hydrogens is 160 g/mol. The van der Waals surface area contributed by atoms with Crippen molar-refractivity contribution in [1.82, 2.24) is 0 Å². The number of hydrogen-bond donors (Lipinski definition) is 0. The van der Waals surface area contributed by atoms with E-state index in [-0.39, 0.29) is 5.75 Å². The Labute approximate surface area is 79.4 Å². The first kappa shape index (κ1) is 8.61. The molecular formula is C12H15O-. The van der Waals surface area contributed by atoms with Gasteiger partial charge >= 0.3 is 0 Å². The Kier molecular flexibility index (Phi) is 2.53. The molecule has 1 nitrogen and oxygen atoms in total. The summed E-state index contributed by atoms with van der Waals surface area (Å²) in [5.74, 6) is 0.842. The summed E-state index contributed by atoms with van der Waals surface area (Å²) in [6.45, 7) is 0. The Hall–Kier alpha value is -0.980. The highest BCUT2D eigenvalue weighted by Gasteiger charge is 2.14. The van der Waals surface area contributed by atoms with Crippen molar-refractivity contribution < 1.29 is 5.11 Å². The molecule has 1 fully saturated rings. The fraction of sp³-hybridized carbons (Fsp3) is 0.500. The summed E-state index contributed by atoms with van der Waals surface area (Å²) in [5.41, 5.74) is 1.36. The van der Waals surface area contributed by atoms with Crippen LogP contribution in [0.15, 0.2) is 24.3 Å². The summed E-state index contributed by atoms with van der Waals surface area (Å²) >= 11 is 0. The Morgan fingerprint density at radius 3 is 2.15 bits per heavy atom. The first-order valence-electron chi connectivity index (χ1n) is 5.13. The molecule has 1 aromatic carbocycles. The molecule has 0 saturated heterocycles. The normalized spacial score (nSPS) is 18.8. The van der Waals surface area contributed by atoms with Crippen molar-refractivity contribution in [3.05, 3.63) is 29.8 Å². The molecule has 0 N–H and O–H groups in total. The number of benzene rings is 1. The van der Waals surface area contributed by atoms with Crippen LogP contribution in [-0.2, 0) is 0 Å². The Morgan fingerprint density at radius 1 is 0.923 bits per heavy atom. The van der Waals surface area contributed by atoms with E-state index in [4.69, 9.17) is 0 Å². The van der Waals surface area contributed by atoms with E-state index in [0.29, 0.717) is 5.92 Å². The van der Waals surface area contributed by atoms with Crippen molar-refractivity contribution in [2.45, 2.75) is 38.0 Å². The van der Waals surface area contributed by atoms with Crippen LogP contribution in [0.3, 0.4) is 0 Å². The Morgan fingerprint density at radius 2 is 1.54 bits per heavy atom. The van der Waals surface area contributed by atoms with Crippen LogP contribution in [-0.4, -0.2) is 0 Å². The van der Waals surface area contributed by atoms with Crippen LogP contribution >= 0.6 is 0 Å². The van der Waals surface area contributed by atoms with Gasteiger partial charge in [-0.3, -0.25) is 0 Å². The largest absolute Gasteiger partial charge is 0.872 e.